The lowest BCUT2D eigenvalue weighted by molar-refractivity contribution is -0.127. The van der Waals surface area contributed by atoms with Crippen LogP contribution >= 0.6 is 0 Å². The van der Waals surface area contributed by atoms with Crippen molar-refractivity contribution < 1.29 is 4.79 Å². The molecule has 0 fully saturated rings. The quantitative estimate of drug-likeness (QED) is 0.460. The largest absolute Gasteiger partial charge is 0.348 e. The molecule has 0 heterocycles. The molecule has 1 amide bonds. The monoisotopic (exact) mass is 424 g/mol. The third kappa shape index (κ3) is 6.09. The second-order valence-corrected chi connectivity index (χ2v) is 8.60. The molecule has 2 N–H and O–H groups in total. The summed E-state index contributed by atoms with van der Waals surface area (Å²) in [6.07, 6.45) is 3.81. The van der Waals surface area contributed by atoms with Crippen molar-refractivity contribution in [3.63, 3.8) is 0 Å². The minimum Gasteiger partial charge on any atom is -0.348 e. The highest BCUT2D eigenvalue weighted by Gasteiger charge is 2.26. The van der Waals surface area contributed by atoms with Crippen molar-refractivity contribution in [1.82, 2.24) is 10.6 Å². The van der Waals surface area contributed by atoms with E-state index in [-0.39, 0.29) is 18.0 Å². The Morgan fingerprint density at radius 1 is 0.938 bits per heavy atom. The van der Waals surface area contributed by atoms with Gasteiger partial charge in [-0.15, -0.1) is 0 Å². The molecule has 0 spiro atoms. The van der Waals surface area contributed by atoms with E-state index in [2.05, 4.69) is 71.9 Å². The summed E-state index contributed by atoms with van der Waals surface area (Å²) < 4.78 is 0. The third-order valence-electron chi connectivity index (χ3n) is 5.63. The Morgan fingerprint density at radius 3 is 2.41 bits per heavy atom. The summed E-state index contributed by atoms with van der Waals surface area (Å²) in [7, 11) is 0. The molecule has 3 aromatic carbocycles. The molecule has 32 heavy (non-hydrogen) atoms. The maximum Gasteiger partial charge on any atom is 0.238 e. The van der Waals surface area contributed by atoms with Crippen molar-refractivity contribution >= 4 is 16.7 Å². The van der Waals surface area contributed by atoms with Crippen LogP contribution < -0.4 is 10.6 Å². The predicted octanol–water partition coefficient (Wildman–Crippen LogP) is 5.95. The van der Waals surface area contributed by atoms with Crippen LogP contribution in [-0.2, 0) is 4.79 Å². The number of fused-ring (bicyclic) bond motifs is 1. The summed E-state index contributed by atoms with van der Waals surface area (Å²) in [5, 5.41) is 9.11. The van der Waals surface area contributed by atoms with Crippen molar-refractivity contribution in [1.29, 1.82) is 0 Å². The van der Waals surface area contributed by atoms with E-state index in [1.54, 1.807) is 0 Å². The molecular formula is C29H32N2O. The summed E-state index contributed by atoms with van der Waals surface area (Å²) in [4.78, 5) is 12.7. The maximum absolute atomic E-state index is 12.7. The van der Waals surface area contributed by atoms with Gasteiger partial charge in [0.25, 0.3) is 0 Å². The second kappa shape index (κ2) is 10.8. The zero-order valence-electron chi connectivity index (χ0n) is 19.4. The Labute approximate surface area is 191 Å². The molecule has 164 valence electrons. The van der Waals surface area contributed by atoms with Crippen LogP contribution in [0, 0.1) is 17.3 Å². The first-order valence-electron chi connectivity index (χ1n) is 11.1. The Hall–Kier alpha value is -3.35. The lowest BCUT2D eigenvalue weighted by Crippen LogP contribution is -2.37. The number of carbonyl (C=O) groups excluding carboxylic acids is 1. The van der Waals surface area contributed by atoms with Gasteiger partial charge in [0, 0.05) is 12.6 Å². The lowest BCUT2D eigenvalue weighted by atomic mass is 9.92. The minimum absolute atomic E-state index is 0.0555. The van der Waals surface area contributed by atoms with Crippen LogP contribution in [0.2, 0.25) is 0 Å². The van der Waals surface area contributed by atoms with Gasteiger partial charge in [0.1, 0.15) is 5.41 Å². The fourth-order valence-corrected chi connectivity index (χ4v) is 3.58. The number of rotatable bonds is 7. The summed E-state index contributed by atoms with van der Waals surface area (Å²) in [6, 6.07) is 25.0. The van der Waals surface area contributed by atoms with Crippen LogP contribution in [0.3, 0.4) is 0 Å². The first kappa shape index (κ1) is 23.3. The van der Waals surface area contributed by atoms with Crippen LogP contribution in [0.15, 0.2) is 84.9 Å². The first-order chi connectivity index (χ1) is 15.4. The lowest BCUT2D eigenvalue weighted by Gasteiger charge is -2.21. The molecule has 0 aromatic heterocycles. The molecule has 0 aliphatic heterocycles. The van der Waals surface area contributed by atoms with E-state index in [4.69, 9.17) is 0 Å². The highest BCUT2D eigenvalue weighted by molar-refractivity contribution is 5.86. The second-order valence-electron chi connectivity index (χ2n) is 8.60. The first-order valence-corrected chi connectivity index (χ1v) is 11.1. The Balaban J connectivity index is 1.52. The molecule has 0 bridgehead atoms. The molecule has 3 nitrogen and oxygen atoms in total. The van der Waals surface area contributed by atoms with E-state index >= 15 is 0 Å². The molecule has 0 aliphatic rings. The van der Waals surface area contributed by atoms with Crippen LogP contribution in [0.5, 0.6) is 0 Å². The number of carbonyl (C=O) groups is 1. The third-order valence-corrected chi connectivity index (χ3v) is 5.63. The number of hydrogen-bond donors (Lipinski definition) is 2. The van der Waals surface area contributed by atoms with Crippen molar-refractivity contribution in [2.45, 2.75) is 39.8 Å². The van der Waals surface area contributed by atoms with Crippen molar-refractivity contribution in [2.75, 3.05) is 6.54 Å². The summed E-state index contributed by atoms with van der Waals surface area (Å²) in [5.41, 5.74) is 1.60. The molecule has 0 saturated carbocycles. The van der Waals surface area contributed by atoms with Crippen LogP contribution in [0.1, 0.15) is 50.9 Å². The molecule has 2 atom stereocenters. The molecular weight excluding hydrogens is 392 g/mol. The highest BCUT2D eigenvalue weighted by Crippen LogP contribution is 2.24. The Kier molecular flexibility index (Phi) is 7.87. The van der Waals surface area contributed by atoms with E-state index in [0.717, 1.165) is 5.56 Å². The zero-order chi connectivity index (χ0) is 23.0. The van der Waals surface area contributed by atoms with E-state index in [9.17, 15) is 4.79 Å². The minimum atomic E-state index is -0.767. The molecule has 3 rings (SSSR count). The van der Waals surface area contributed by atoms with E-state index in [0.29, 0.717) is 6.54 Å². The zero-order valence-corrected chi connectivity index (χ0v) is 19.4. The van der Waals surface area contributed by atoms with Gasteiger partial charge in [0.2, 0.25) is 5.91 Å². The van der Waals surface area contributed by atoms with Gasteiger partial charge in [-0.25, -0.2) is 0 Å². The van der Waals surface area contributed by atoms with Gasteiger partial charge in [-0.05, 0) is 55.7 Å². The van der Waals surface area contributed by atoms with Gasteiger partial charge in [-0.3, -0.25) is 4.79 Å². The molecule has 1 unspecified atom stereocenters. The number of benzene rings is 3. The van der Waals surface area contributed by atoms with Gasteiger partial charge >= 0.3 is 0 Å². The van der Waals surface area contributed by atoms with Crippen molar-refractivity contribution in [3.05, 3.63) is 96.1 Å². The summed E-state index contributed by atoms with van der Waals surface area (Å²) in [6.45, 7) is 8.56. The van der Waals surface area contributed by atoms with Gasteiger partial charge in [0.15, 0.2) is 0 Å². The fraction of sp³-hybridized carbons (Fsp3) is 0.276. The van der Waals surface area contributed by atoms with E-state index < -0.39 is 5.41 Å². The van der Waals surface area contributed by atoms with Gasteiger partial charge in [-0.2, -0.15) is 0 Å². The van der Waals surface area contributed by atoms with Crippen LogP contribution in [0.4, 0.5) is 0 Å². The summed E-state index contributed by atoms with van der Waals surface area (Å²) in [5.74, 6) is 6.04. The predicted molar refractivity (Wildman–Crippen MR) is 134 cm³/mol. The SMILES string of the molecule is CC(NC(=O)C(C)(C)C#C/C=C/CN[C@H](C)c1cccc2ccccc12)c1ccccc1. The highest BCUT2D eigenvalue weighted by atomic mass is 16.2. The van der Waals surface area contributed by atoms with Crippen LogP contribution in [0.25, 0.3) is 10.8 Å². The normalized spacial score (nSPS) is 13.4. The Bertz CT molecular complexity index is 1130. The molecule has 3 heteroatoms. The van der Waals surface area contributed by atoms with E-state index in [1.165, 1.54) is 16.3 Å². The molecule has 3 aromatic rings. The summed E-state index contributed by atoms with van der Waals surface area (Å²) >= 11 is 0. The van der Waals surface area contributed by atoms with Crippen molar-refractivity contribution in [2.24, 2.45) is 5.41 Å². The molecule has 0 aliphatic carbocycles. The number of amides is 1. The number of allylic oxidation sites excluding steroid dienone is 1. The van der Waals surface area contributed by atoms with Gasteiger partial charge in [-0.1, -0.05) is 90.7 Å². The smallest absolute Gasteiger partial charge is 0.238 e. The average molecular weight is 425 g/mol. The fourth-order valence-electron chi connectivity index (χ4n) is 3.58. The number of hydrogen-bond acceptors (Lipinski definition) is 2. The van der Waals surface area contributed by atoms with E-state index in [1.807, 2.05) is 63.3 Å². The topological polar surface area (TPSA) is 41.1 Å². The van der Waals surface area contributed by atoms with Gasteiger partial charge < -0.3 is 10.6 Å². The maximum atomic E-state index is 12.7. The van der Waals surface area contributed by atoms with Gasteiger partial charge in [0.05, 0.1) is 6.04 Å². The van der Waals surface area contributed by atoms with Crippen molar-refractivity contribution in [3.8, 4) is 11.8 Å². The number of nitrogens with one attached hydrogen (secondary N) is 2. The Morgan fingerprint density at radius 2 is 1.62 bits per heavy atom. The average Bonchev–Trinajstić information content (AvgIpc) is 2.81. The molecule has 0 radical (unpaired) electrons. The van der Waals surface area contributed by atoms with Crippen LogP contribution in [-0.4, -0.2) is 12.5 Å². The standard InChI is InChI=1S/C29H32N2O/c1-22(24-14-7-5-8-15-24)31-28(32)29(3,4)20-11-6-12-21-30-23(2)26-19-13-17-25-16-9-10-18-27(25)26/h5-10,12-19,22-23,30H,21H2,1-4H3,(H,31,32)/b12-6+/t22?,23-/m1/s1. The molecule has 0 saturated heterocycles.